The molecule has 1 fully saturated rings. The third kappa shape index (κ3) is 23.7. The number of ether oxygens (including phenoxy) is 3. The normalized spacial score (nSPS) is 14.0. The van der Waals surface area contributed by atoms with Crippen LogP contribution >= 0.6 is 0 Å². The van der Waals surface area contributed by atoms with Gasteiger partial charge < -0.3 is 14.2 Å². The summed E-state index contributed by atoms with van der Waals surface area (Å²) in [7, 11) is 0. The van der Waals surface area contributed by atoms with Gasteiger partial charge in [0, 0.05) is 26.1 Å². The number of amides is 2. The van der Waals surface area contributed by atoms with Crippen LogP contribution in [0.5, 0.6) is 0 Å². The Balaban J connectivity index is 2.17. The van der Waals surface area contributed by atoms with E-state index in [0.717, 1.165) is 25.7 Å². The Bertz CT molecular complexity index is 686. The molecule has 0 spiro atoms. The first-order valence-corrected chi connectivity index (χ1v) is 18.5. The lowest BCUT2D eigenvalue weighted by Gasteiger charge is -2.19. The number of unbranched alkanes of at least 4 members (excludes halogenated alkanes) is 22. The van der Waals surface area contributed by atoms with Crippen molar-refractivity contribution in [1.82, 2.24) is 5.06 Å². The van der Waals surface area contributed by atoms with Crippen molar-refractivity contribution in [3.05, 3.63) is 0 Å². The van der Waals surface area contributed by atoms with Gasteiger partial charge in [-0.15, -0.1) is 0 Å². The van der Waals surface area contributed by atoms with Crippen molar-refractivity contribution in [2.75, 3.05) is 26.4 Å². The highest BCUT2D eigenvalue weighted by molar-refractivity contribution is 6.01. The second-order valence-corrected chi connectivity index (χ2v) is 12.6. The van der Waals surface area contributed by atoms with Crippen molar-refractivity contribution in [3.8, 4) is 0 Å². The van der Waals surface area contributed by atoms with Crippen LogP contribution in [0.3, 0.4) is 0 Å². The Morgan fingerprint density at radius 1 is 0.568 bits per heavy atom. The van der Waals surface area contributed by atoms with Gasteiger partial charge >= 0.3 is 6.16 Å². The minimum absolute atomic E-state index is 0.0455. The summed E-state index contributed by atoms with van der Waals surface area (Å²) in [6.45, 7) is 6.02. The van der Waals surface area contributed by atoms with Crippen LogP contribution in [0.4, 0.5) is 4.79 Å². The highest BCUT2D eigenvalue weighted by atomic mass is 16.8. The number of nitrogens with zero attached hydrogens (tertiary/aromatic N) is 1. The van der Waals surface area contributed by atoms with Crippen molar-refractivity contribution in [1.29, 1.82) is 0 Å². The molecule has 258 valence electrons. The molecule has 1 unspecified atom stereocenters. The van der Waals surface area contributed by atoms with Gasteiger partial charge in [0.25, 0.3) is 11.8 Å². The van der Waals surface area contributed by atoms with Gasteiger partial charge in [0.05, 0.1) is 6.61 Å². The van der Waals surface area contributed by atoms with E-state index < -0.39 is 24.1 Å². The Hall–Kier alpha value is -1.67. The third-order valence-electron chi connectivity index (χ3n) is 8.36. The molecular formula is C36H67NO7. The predicted octanol–water partition coefficient (Wildman–Crippen LogP) is 10.0. The summed E-state index contributed by atoms with van der Waals surface area (Å²) in [5, 5.41) is 0.495. The molecule has 1 aliphatic heterocycles. The van der Waals surface area contributed by atoms with Crippen molar-refractivity contribution in [2.45, 2.75) is 187 Å². The van der Waals surface area contributed by atoms with Crippen molar-refractivity contribution in [3.63, 3.8) is 0 Å². The average molecular weight is 626 g/mol. The van der Waals surface area contributed by atoms with E-state index in [1.54, 1.807) is 0 Å². The van der Waals surface area contributed by atoms with Crippen LogP contribution in [0.1, 0.15) is 181 Å². The zero-order valence-electron chi connectivity index (χ0n) is 28.6. The van der Waals surface area contributed by atoms with Gasteiger partial charge in [-0.05, 0) is 12.8 Å². The van der Waals surface area contributed by atoms with Crippen LogP contribution in [-0.2, 0) is 28.6 Å². The van der Waals surface area contributed by atoms with E-state index in [1.807, 2.05) is 0 Å². The number of rotatable bonds is 32. The molecule has 0 aliphatic carbocycles. The lowest BCUT2D eigenvalue weighted by Crippen LogP contribution is -2.34. The second kappa shape index (κ2) is 30.0. The van der Waals surface area contributed by atoms with Gasteiger partial charge in [-0.3, -0.25) is 14.4 Å². The molecule has 1 heterocycles. The molecule has 2 amide bonds. The van der Waals surface area contributed by atoms with Gasteiger partial charge in [0.2, 0.25) is 0 Å². The highest BCUT2D eigenvalue weighted by Crippen LogP contribution is 2.15. The quantitative estimate of drug-likeness (QED) is 0.0417. The lowest BCUT2D eigenvalue weighted by molar-refractivity contribution is -0.178. The molecule has 0 saturated carbocycles. The van der Waals surface area contributed by atoms with E-state index in [4.69, 9.17) is 19.0 Å². The predicted molar refractivity (Wildman–Crippen MR) is 176 cm³/mol. The van der Waals surface area contributed by atoms with Crippen LogP contribution in [-0.4, -0.2) is 55.6 Å². The lowest BCUT2D eigenvalue weighted by atomic mass is 10.1. The SMILES string of the molecule is CCCCCCCCCCCCCCOCC(COC(=O)ON1C(=O)CCC1=O)OCCCCCCCCCCCCCC. The summed E-state index contributed by atoms with van der Waals surface area (Å²) >= 11 is 0. The van der Waals surface area contributed by atoms with Crippen LogP contribution in [0, 0.1) is 0 Å². The van der Waals surface area contributed by atoms with Gasteiger partial charge in [-0.2, -0.15) is 0 Å². The van der Waals surface area contributed by atoms with Crippen molar-refractivity contribution in [2.24, 2.45) is 0 Å². The maximum absolute atomic E-state index is 12.1. The first-order valence-electron chi connectivity index (χ1n) is 18.5. The monoisotopic (exact) mass is 625 g/mol. The summed E-state index contributed by atoms with van der Waals surface area (Å²) in [5.41, 5.74) is 0. The van der Waals surface area contributed by atoms with E-state index >= 15 is 0 Å². The van der Waals surface area contributed by atoms with Gasteiger partial charge in [-0.1, -0.05) is 160 Å². The number of hydroxylamine groups is 2. The maximum atomic E-state index is 12.1. The Morgan fingerprint density at radius 2 is 0.955 bits per heavy atom. The third-order valence-corrected chi connectivity index (χ3v) is 8.36. The second-order valence-electron chi connectivity index (χ2n) is 12.6. The van der Waals surface area contributed by atoms with E-state index in [1.165, 1.54) is 128 Å². The molecule has 44 heavy (non-hydrogen) atoms. The summed E-state index contributed by atoms with van der Waals surface area (Å²) in [6, 6.07) is 0. The van der Waals surface area contributed by atoms with Crippen molar-refractivity contribution >= 4 is 18.0 Å². The number of hydrogen-bond acceptors (Lipinski definition) is 7. The first kappa shape index (κ1) is 40.4. The fraction of sp³-hybridized carbons (Fsp3) is 0.917. The van der Waals surface area contributed by atoms with Crippen LogP contribution in [0.15, 0.2) is 0 Å². The Labute approximate surface area is 269 Å². The standard InChI is InChI=1S/C36H67NO7/c1-3-5-7-9-11-13-15-17-19-21-23-25-29-41-31-33(32-43-36(40)44-37-34(38)27-28-35(37)39)42-30-26-24-22-20-18-16-14-12-10-8-6-4-2/h33H,3-32H2,1-2H3. The number of carbonyl (C=O) groups excluding carboxylic acids is 3. The van der Waals surface area contributed by atoms with Crippen LogP contribution < -0.4 is 0 Å². The molecule has 0 N–H and O–H groups in total. The van der Waals surface area contributed by atoms with Crippen LogP contribution in [0.25, 0.3) is 0 Å². The summed E-state index contributed by atoms with van der Waals surface area (Å²) in [4.78, 5) is 40.3. The molecule has 0 radical (unpaired) electrons. The number of imide groups is 1. The fourth-order valence-electron chi connectivity index (χ4n) is 5.52. The van der Waals surface area contributed by atoms with Crippen LogP contribution in [0.2, 0.25) is 0 Å². The zero-order chi connectivity index (χ0) is 31.9. The zero-order valence-corrected chi connectivity index (χ0v) is 28.6. The van der Waals surface area contributed by atoms with E-state index in [2.05, 4.69) is 13.8 Å². The Morgan fingerprint density at radius 3 is 1.39 bits per heavy atom. The Kier molecular flexibility index (Phi) is 27.5. The maximum Gasteiger partial charge on any atom is 0.534 e. The minimum atomic E-state index is -1.08. The molecule has 1 atom stereocenters. The molecular weight excluding hydrogens is 558 g/mol. The average Bonchev–Trinajstić information content (AvgIpc) is 3.33. The molecule has 0 bridgehead atoms. The van der Waals surface area contributed by atoms with E-state index in [0.29, 0.717) is 24.9 Å². The molecule has 8 nitrogen and oxygen atoms in total. The molecule has 1 saturated heterocycles. The van der Waals surface area contributed by atoms with E-state index in [-0.39, 0.29) is 19.4 Å². The van der Waals surface area contributed by atoms with Gasteiger partial charge in [0.1, 0.15) is 12.7 Å². The first-order chi connectivity index (χ1) is 21.6. The summed E-state index contributed by atoms with van der Waals surface area (Å²) in [6.07, 6.45) is 29.5. The van der Waals surface area contributed by atoms with E-state index in [9.17, 15) is 14.4 Å². The number of carbonyl (C=O) groups is 3. The fourth-order valence-corrected chi connectivity index (χ4v) is 5.52. The molecule has 0 aromatic carbocycles. The summed E-state index contributed by atoms with van der Waals surface area (Å²) < 4.78 is 17.1. The molecule has 8 heteroatoms. The number of hydrogen-bond donors (Lipinski definition) is 0. The smallest absolute Gasteiger partial charge is 0.430 e. The van der Waals surface area contributed by atoms with Crippen molar-refractivity contribution < 1.29 is 33.4 Å². The van der Waals surface area contributed by atoms with Gasteiger partial charge in [0.15, 0.2) is 0 Å². The molecule has 0 aromatic rings. The minimum Gasteiger partial charge on any atom is -0.430 e. The van der Waals surface area contributed by atoms with Gasteiger partial charge in [-0.25, -0.2) is 4.79 Å². The molecule has 1 rings (SSSR count). The highest BCUT2D eigenvalue weighted by Gasteiger charge is 2.33. The topological polar surface area (TPSA) is 91.4 Å². The largest absolute Gasteiger partial charge is 0.534 e. The molecule has 1 aliphatic rings. The summed E-state index contributed by atoms with van der Waals surface area (Å²) in [5.74, 6) is -1.06. The molecule has 0 aromatic heterocycles.